The van der Waals surface area contributed by atoms with Crippen LogP contribution in [0.2, 0.25) is 5.02 Å². The van der Waals surface area contributed by atoms with Crippen LogP contribution in [0, 0.1) is 0 Å². The van der Waals surface area contributed by atoms with Gasteiger partial charge in [0, 0.05) is 40.3 Å². The first-order valence-corrected chi connectivity index (χ1v) is 10.3. The van der Waals surface area contributed by atoms with E-state index in [0.717, 1.165) is 36.5 Å². The number of aromatic nitrogens is 1. The molecule has 1 fully saturated rings. The van der Waals surface area contributed by atoms with Crippen molar-refractivity contribution in [3.8, 4) is 10.6 Å². The summed E-state index contributed by atoms with van der Waals surface area (Å²) in [7, 11) is 0. The van der Waals surface area contributed by atoms with Crippen LogP contribution < -0.4 is 5.32 Å². The number of nitrogens with one attached hydrogen (secondary N) is 1. The molecule has 1 aliphatic heterocycles. The molecule has 0 unspecified atom stereocenters. The minimum Gasteiger partial charge on any atom is -0.339 e. The van der Waals surface area contributed by atoms with Crippen molar-refractivity contribution in [3.05, 3.63) is 70.2 Å². The molecule has 28 heavy (non-hydrogen) atoms. The Labute approximate surface area is 172 Å². The lowest BCUT2D eigenvalue weighted by molar-refractivity contribution is 0.0792. The van der Waals surface area contributed by atoms with Crippen LogP contribution in [0.4, 0.5) is 5.69 Å². The van der Waals surface area contributed by atoms with Gasteiger partial charge in [-0.15, -0.1) is 11.3 Å². The van der Waals surface area contributed by atoms with Crippen LogP contribution in [0.5, 0.6) is 0 Å². The Morgan fingerprint density at radius 3 is 2.57 bits per heavy atom. The molecule has 0 spiro atoms. The summed E-state index contributed by atoms with van der Waals surface area (Å²) in [5.41, 5.74) is 2.41. The number of carbonyl (C=O) groups excluding carboxylic acids is 2. The number of amides is 2. The molecular formula is C21H18ClN3O2S. The van der Waals surface area contributed by atoms with Gasteiger partial charge in [0.1, 0.15) is 10.7 Å². The highest BCUT2D eigenvalue weighted by molar-refractivity contribution is 7.13. The van der Waals surface area contributed by atoms with Crippen LogP contribution in [-0.4, -0.2) is 34.8 Å². The summed E-state index contributed by atoms with van der Waals surface area (Å²) in [5.74, 6) is -0.297. The molecule has 1 aliphatic rings. The zero-order chi connectivity index (χ0) is 19.5. The third kappa shape index (κ3) is 4.08. The Morgan fingerprint density at radius 1 is 1.07 bits per heavy atom. The highest BCUT2D eigenvalue weighted by Gasteiger charge is 2.20. The number of hydrogen-bond acceptors (Lipinski definition) is 4. The maximum absolute atomic E-state index is 12.6. The van der Waals surface area contributed by atoms with Gasteiger partial charge in [-0.05, 0) is 43.2 Å². The highest BCUT2D eigenvalue weighted by atomic mass is 35.5. The van der Waals surface area contributed by atoms with Crippen molar-refractivity contribution in [2.45, 2.75) is 12.8 Å². The van der Waals surface area contributed by atoms with E-state index < -0.39 is 0 Å². The lowest BCUT2D eigenvalue weighted by Gasteiger charge is -2.15. The number of benzene rings is 2. The molecule has 0 radical (unpaired) electrons. The van der Waals surface area contributed by atoms with Gasteiger partial charge in [0.2, 0.25) is 0 Å². The number of carbonyl (C=O) groups is 2. The molecule has 0 aliphatic carbocycles. The molecular weight excluding hydrogens is 394 g/mol. The average molecular weight is 412 g/mol. The number of thiazole rings is 1. The van der Waals surface area contributed by atoms with E-state index in [9.17, 15) is 9.59 Å². The van der Waals surface area contributed by atoms with E-state index in [2.05, 4.69) is 10.3 Å². The van der Waals surface area contributed by atoms with Gasteiger partial charge in [-0.1, -0.05) is 29.8 Å². The molecule has 0 saturated carbocycles. The van der Waals surface area contributed by atoms with Gasteiger partial charge < -0.3 is 10.2 Å². The number of halogens is 1. The van der Waals surface area contributed by atoms with Gasteiger partial charge >= 0.3 is 0 Å². The smallest absolute Gasteiger partial charge is 0.275 e. The summed E-state index contributed by atoms with van der Waals surface area (Å²) in [6, 6.07) is 14.4. The first-order valence-electron chi connectivity index (χ1n) is 9.02. The number of rotatable bonds is 4. The first kappa shape index (κ1) is 18.7. The fourth-order valence-corrected chi connectivity index (χ4v) is 4.06. The van der Waals surface area contributed by atoms with Crippen LogP contribution in [0.25, 0.3) is 10.6 Å². The standard InChI is InChI=1S/C21H18ClN3O2S/c22-16-8-6-14(7-9-16)20-24-18(13-28-20)19(26)23-17-5-3-4-15(12-17)21(27)25-10-1-2-11-25/h3-9,12-13H,1-2,10-11H2,(H,23,26). The van der Waals surface area contributed by atoms with E-state index in [1.165, 1.54) is 11.3 Å². The molecule has 7 heteroatoms. The number of hydrogen-bond donors (Lipinski definition) is 1. The van der Waals surface area contributed by atoms with Crippen molar-refractivity contribution in [3.63, 3.8) is 0 Å². The second kappa shape index (κ2) is 8.12. The summed E-state index contributed by atoms with van der Waals surface area (Å²) < 4.78 is 0. The summed E-state index contributed by atoms with van der Waals surface area (Å²) >= 11 is 7.31. The van der Waals surface area contributed by atoms with Crippen molar-refractivity contribution >= 4 is 40.4 Å². The Morgan fingerprint density at radius 2 is 1.82 bits per heavy atom. The van der Waals surface area contributed by atoms with Crippen LogP contribution in [-0.2, 0) is 0 Å². The SMILES string of the molecule is O=C(Nc1cccc(C(=O)N2CCCC2)c1)c1csc(-c2ccc(Cl)cc2)n1. The molecule has 142 valence electrons. The van der Waals surface area contributed by atoms with E-state index in [4.69, 9.17) is 11.6 Å². The van der Waals surface area contributed by atoms with Crippen LogP contribution in [0.3, 0.4) is 0 Å². The second-order valence-electron chi connectivity index (χ2n) is 6.58. The lowest BCUT2D eigenvalue weighted by atomic mass is 10.1. The van der Waals surface area contributed by atoms with Gasteiger partial charge in [-0.3, -0.25) is 9.59 Å². The first-order chi connectivity index (χ1) is 13.6. The third-order valence-electron chi connectivity index (χ3n) is 4.59. The van der Waals surface area contributed by atoms with E-state index in [1.54, 1.807) is 41.8 Å². The van der Waals surface area contributed by atoms with Crippen molar-refractivity contribution in [2.24, 2.45) is 0 Å². The Kier molecular flexibility index (Phi) is 5.41. The number of nitrogens with zero attached hydrogens (tertiary/aromatic N) is 2. The fourth-order valence-electron chi connectivity index (χ4n) is 3.13. The van der Waals surface area contributed by atoms with Gasteiger partial charge in [0.15, 0.2) is 0 Å². The molecule has 0 atom stereocenters. The Hall–Kier alpha value is -2.70. The molecule has 0 bridgehead atoms. The van der Waals surface area contributed by atoms with E-state index in [0.29, 0.717) is 22.0 Å². The van der Waals surface area contributed by atoms with Crippen LogP contribution in [0.15, 0.2) is 53.9 Å². The van der Waals surface area contributed by atoms with Crippen LogP contribution >= 0.6 is 22.9 Å². The van der Waals surface area contributed by atoms with Crippen molar-refractivity contribution in [1.29, 1.82) is 0 Å². The Bertz CT molecular complexity index is 1010. The van der Waals surface area contributed by atoms with E-state index in [1.807, 2.05) is 17.0 Å². The maximum atomic E-state index is 12.6. The minimum absolute atomic E-state index is 0.00674. The maximum Gasteiger partial charge on any atom is 0.275 e. The van der Waals surface area contributed by atoms with Crippen molar-refractivity contribution in [1.82, 2.24) is 9.88 Å². The molecule has 1 N–H and O–H groups in total. The van der Waals surface area contributed by atoms with Gasteiger partial charge in [-0.2, -0.15) is 0 Å². The molecule has 2 amide bonds. The molecule has 2 aromatic carbocycles. The molecule has 3 aromatic rings. The molecule has 1 saturated heterocycles. The summed E-state index contributed by atoms with van der Waals surface area (Å²) in [5, 5.41) is 5.96. The average Bonchev–Trinajstić information content (AvgIpc) is 3.40. The topological polar surface area (TPSA) is 62.3 Å². The normalized spacial score (nSPS) is 13.5. The largest absolute Gasteiger partial charge is 0.339 e. The van der Waals surface area contributed by atoms with Crippen LogP contribution in [0.1, 0.15) is 33.7 Å². The zero-order valence-corrected chi connectivity index (χ0v) is 16.6. The fraction of sp³-hybridized carbons (Fsp3) is 0.190. The lowest BCUT2D eigenvalue weighted by Crippen LogP contribution is -2.27. The van der Waals surface area contributed by atoms with E-state index >= 15 is 0 Å². The van der Waals surface area contributed by atoms with Crippen molar-refractivity contribution < 1.29 is 9.59 Å². The summed E-state index contributed by atoms with van der Waals surface area (Å²) in [4.78, 5) is 31.4. The Balaban J connectivity index is 1.47. The predicted octanol–water partition coefficient (Wildman–Crippen LogP) is 4.95. The number of anilines is 1. The molecule has 5 nitrogen and oxygen atoms in total. The van der Waals surface area contributed by atoms with Gasteiger partial charge in [0.25, 0.3) is 11.8 Å². The molecule has 4 rings (SSSR count). The van der Waals surface area contributed by atoms with Crippen molar-refractivity contribution in [2.75, 3.05) is 18.4 Å². The van der Waals surface area contributed by atoms with Gasteiger partial charge in [0.05, 0.1) is 0 Å². The second-order valence-corrected chi connectivity index (χ2v) is 7.87. The zero-order valence-electron chi connectivity index (χ0n) is 15.0. The molecule has 1 aromatic heterocycles. The monoisotopic (exact) mass is 411 g/mol. The summed E-state index contributed by atoms with van der Waals surface area (Å²) in [6.07, 6.45) is 2.09. The minimum atomic E-state index is -0.303. The van der Waals surface area contributed by atoms with Gasteiger partial charge in [-0.25, -0.2) is 4.98 Å². The number of likely N-dealkylation sites (tertiary alicyclic amines) is 1. The predicted molar refractivity (Wildman–Crippen MR) is 112 cm³/mol. The summed E-state index contributed by atoms with van der Waals surface area (Å²) in [6.45, 7) is 1.59. The highest BCUT2D eigenvalue weighted by Crippen LogP contribution is 2.25. The van der Waals surface area contributed by atoms with E-state index in [-0.39, 0.29) is 11.8 Å². The third-order valence-corrected chi connectivity index (χ3v) is 5.73. The quantitative estimate of drug-likeness (QED) is 0.660. The molecule has 2 heterocycles.